The summed E-state index contributed by atoms with van der Waals surface area (Å²) in [6.45, 7) is 2.52. The van der Waals surface area contributed by atoms with E-state index in [-0.39, 0.29) is 12.1 Å². The van der Waals surface area contributed by atoms with Crippen molar-refractivity contribution in [2.45, 2.75) is 63.9 Å². The van der Waals surface area contributed by atoms with Crippen LogP contribution in [0.2, 0.25) is 0 Å². The highest BCUT2D eigenvalue weighted by Gasteiger charge is 2.52. The summed E-state index contributed by atoms with van der Waals surface area (Å²) in [5, 5.41) is 0. The summed E-state index contributed by atoms with van der Waals surface area (Å²) in [5.74, 6) is 2.91. The summed E-state index contributed by atoms with van der Waals surface area (Å²) in [5.41, 5.74) is 3.98. The van der Waals surface area contributed by atoms with Crippen LogP contribution < -0.4 is 4.74 Å². The molecule has 0 amide bonds. The fourth-order valence-electron chi connectivity index (χ4n) is 6.85. The Labute approximate surface area is 179 Å². The summed E-state index contributed by atoms with van der Waals surface area (Å²) >= 11 is 0. The molecule has 0 N–H and O–H groups in total. The Morgan fingerprint density at radius 2 is 1.83 bits per heavy atom. The van der Waals surface area contributed by atoms with Gasteiger partial charge in [0.1, 0.15) is 11.9 Å². The third-order valence-corrected chi connectivity index (χ3v) is 8.42. The molecule has 0 heterocycles. The lowest BCUT2D eigenvalue weighted by Crippen LogP contribution is -2.49. The molecule has 0 aliphatic heterocycles. The maximum Gasteiger partial charge on any atom is 0.338 e. The van der Waals surface area contributed by atoms with E-state index in [1.165, 1.54) is 30.4 Å². The van der Waals surface area contributed by atoms with Gasteiger partial charge in [-0.25, -0.2) is 4.79 Å². The van der Waals surface area contributed by atoms with Gasteiger partial charge in [-0.2, -0.15) is 0 Å². The molecular formula is C27H32O3. The summed E-state index contributed by atoms with van der Waals surface area (Å²) in [6.07, 6.45) is 8.06. The molecule has 5 atom stereocenters. The van der Waals surface area contributed by atoms with Gasteiger partial charge in [0.15, 0.2) is 0 Å². The number of rotatable bonds is 3. The number of methoxy groups -OCH3 is 1. The minimum atomic E-state index is -0.170. The van der Waals surface area contributed by atoms with Gasteiger partial charge >= 0.3 is 5.97 Å². The van der Waals surface area contributed by atoms with E-state index in [0.717, 1.165) is 37.4 Å². The Hall–Kier alpha value is -2.29. The summed E-state index contributed by atoms with van der Waals surface area (Å²) in [7, 11) is 1.79. The number of fused-ring (bicyclic) bond motifs is 5. The molecule has 0 saturated heterocycles. The number of benzene rings is 2. The summed E-state index contributed by atoms with van der Waals surface area (Å²) in [4.78, 5) is 12.5. The van der Waals surface area contributed by atoms with E-state index in [9.17, 15) is 4.79 Å². The number of esters is 1. The lowest BCUT2D eigenvalue weighted by atomic mass is 9.49. The molecule has 0 aromatic heterocycles. The third-order valence-electron chi connectivity index (χ3n) is 8.42. The van der Waals surface area contributed by atoms with Gasteiger partial charge in [0.2, 0.25) is 0 Å². The number of ether oxygens (including phenoxy) is 2. The van der Waals surface area contributed by atoms with Crippen molar-refractivity contribution in [1.82, 2.24) is 0 Å². The number of carbonyl (C=O) groups excluding carboxylic acids is 1. The normalized spacial score (nSPS) is 32.3. The molecule has 0 unspecified atom stereocenters. The van der Waals surface area contributed by atoms with Crippen LogP contribution in [0, 0.1) is 17.3 Å². The smallest absolute Gasteiger partial charge is 0.338 e. The largest absolute Gasteiger partial charge is 0.496 e. The minimum Gasteiger partial charge on any atom is -0.496 e. The van der Waals surface area contributed by atoms with Crippen molar-refractivity contribution in [1.29, 1.82) is 0 Å². The second-order valence-electron chi connectivity index (χ2n) is 9.73. The number of carbonyl (C=O) groups is 1. The fourth-order valence-corrected chi connectivity index (χ4v) is 6.85. The summed E-state index contributed by atoms with van der Waals surface area (Å²) < 4.78 is 11.6. The van der Waals surface area contributed by atoms with E-state index in [1.54, 1.807) is 7.11 Å². The fraction of sp³-hybridized carbons (Fsp3) is 0.519. The Kier molecular flexibility index (Phi) is 5.08. The zero-order chi connectivity index (χ0) is 20.7. The van der Waals surface area contributed by atoms with Crippen LogP contribution in [0.1, 0.15) is 72.9 Å². The van der Waals surface area contributed by atoms with Crippen molar-refractivity contribution >= 4 is 5.97 Å². The van der Waals surface area contributed by atoms with Crippen LogP contribution in [-0.2, 0) is 11.2 Å². The Bertz CT molecular complexity index is 921. The lowest BCUT2D eigenvalue weighted by Gasteiger charge is -2.56. The van der Waals surface area contributed by atoms with Crippen molar-refractivity contribution in [3.8, 4) is 5.75 Å². The first-order valence-corrected chi connectivity index (χ1v) is 11.5. The zero-order valence-electron chi connectivity index (χ0n) is 18.1. The van der Waals surface area contributed by atoms with Crippen LogP contribution >= 0.6 is 0 Å². The van der Waals surface area contributed by atoms with Gasteiger partial charge < -0.3 is 9.47 Å². The first-order valence-electron chi connectivity index (χ1n) is 11.5. The molecule has 158 valence electrons. The third kappa shape index (κ3) is 3.23. The molecule has 0 spiro atoms. The predicted octanol–water partition coefficient (Wildman–Crippen LogP) is 6.17. The van der Waals surface area contributed by atoms with Crippen LogP contribution in [0.15, 0.2) is 48.5 Å². The van der Waals surface area contributed by atoms with E-state index in [0.29, 0.717) is 22.8 Å². The highest BCUT2D eigenvalue weighted by Crippen LogP contribution is 2.61. The standard InChI is InChI=1S/C27H32O3/c1-27-16-15-20(30-26(28)18-7-4-3-5-8-18)17-19(27)11-12-22-21-9-6-10-25(29-2)23(21)13-14-24(22)27/h3-10,19-20,22,24H,11-17H2,1-2H3/t19-,20-,22-,24-,27+/m1/s1. The first-order chi connectivity index (χ1) is 14.6. The molecule has 0 bridgehead atoms. The molecule has 2 fully saturated rings. The molecule has 3 aliphatic carbocycles. The molecule has 30 heavy (non-hydrogen) atoms. The van der Waals surface area contributed by atoms with Gasteiger partial charge in [-0.1, -0.05) is 37.3 Å². The van der Waals surface area contributed by atoms with Crippen molar-refractivity contribution in [3.05, 3.63) is 65.2 Å². The highest BCUT2D eigenvalue weighted by atomic mass is 16.5. The number of hydrogen-bond acceptors (Lipinski definition) is 3. The van der Waals surface area contributed by atoms with Crippen LogP contribution in [0.3, 0.4) is 0 Å². The van der Waals surface area contributed by atoms with Gasteiger partial charge in [-0.3, -0.25) is 0 Å². The molecule has 3 nitrogen and oxygen atoms in total. The quantitative estimate of drug-likeness (QED) is 0.574. The van der Waals surface area contributed by atoms with E-state index in [1.807, 2.05) is 30.3 Å². The van der Waals surface area contributed by atoms with Crippen molar-refractivity contribution in [2.75, 3.05) is 7.11 Å². The van der Waals surface area contributed by atoms with E-state index >= 15 is 0 Å². The van der Waals surface area contributed by atoms with Crippen LogP contribution in [0.5, 0.6) is 5.75 Å². The lowest BCUT2D eigenvalue weighted by molar-refractivity contribution is -0.0682. The molecule has 3 heteroatoms. The van der Waals surface area contributed by atoms with Gasteiger partial charge in [0, 0.05) is 0 Å². The van der Waals surface area contributed by atoms with Gasteiger partial charge in [0.25, 0.3) is 0 Å². The van der Waals surface area contributed by atoms with Crippen LogP contribution in [0.4, 0.5) is 0 Å². The predicted molar refractivity (Wildman–Crippen MR) is 118 cm³/mol. The Balaban J connectivity index is 1.32. The monoisotopic (exact) mass is 404 g/mol. The second-order valence-corrected chi connectivity index (χ2v) is 9.73. The molecule has 2 aromatic rings. The maximum atomic E-state index is 12.5. The highest BCUT2D eigenvalue weighted by molar-refractivity contribution is 5.89. The molecule has 5 rings (SSSR count). The van der Waals surface area contributed by atoms with Crippen molar-refractivity contribution in [2.24, 2.45) is 17.3 Å². The van der Waals surface area contributed by atoms with E-state index in [4.69, 9.17) is 9.47 Å². The van der Waals surface area contributed by atoms with Gasteiger partial charge in [-0.15, -0.1) is 0 Å². The van der Waals surface area contributed by atoms with Gasteiger partial charge in [0.05, 0.1) is 12.7 Å². The van der Waals surface area contributed by atoms with E-state index in [2.05, 4.69) is 25.1 Å². The SMILES string of the molecule is COc1cccc2c1CC[C@@H]1[C@@H]2CC[C@@H]2C[C@H](OC(=O)c3ccccc3)CC[C@@]21C. The van der Waals surface area contributed by atoms with E-state index < -0.39 is 0 Å². The van der Waals surface area contributed by atoms with Crippen LogP contribution in [0.25, 0.3) is 0 Å². The molecule has 0 radical (unpaired) electrons. The molecular weight excluding hydrogens is 372 g/mol. The zero-order valence-corrected chi connectivity index (χ0v) is 18.1. The van der Waals surface area contributed by atoms with Crippen molar-refractivity contribution in [3.63, 3.8) is 0 Å². The molecule has 2 aromatic carbocycles. The van der Waals surface area contributed by atoms with Crippen molar-refractivity contribution < 1.29 is 14.3 Å². The Morgan fingerprint density at radius 3 is 2.63 bits per heavy atom. The molecule has 2 saturated carbocycles. The Morgan fingerprint density at radius 1 is 1.00 bits per heavy atom. The topological polar surface area (TPSA) is 35.5 Å². The molecule has 3 aliphatic rings. The maximum absolute atomic E-state index is 12.5. The minimum absolute atomic E-state index is 0.0586. The van der Waals surface area contributed by atoms with Gasteiger partial charge in [-0.05, 0) is 97.4 Å². The van der Waals surface area contributed by atoms with Crippen LogP contribution in [-0.4, -0.2) is 19.2 Å². The summed E-state index contributed by atoms with van der Waals surface area (Å²) in [6, 6.07) is 16.0. The average Bonchev–Trinajstić information content (AvgIpc) is 2.79. The first kappa shape index (κ1) is 19.7. The second kappa shape index (κ2) is 7.76. The number of hydrogen-bond donors (Lipinski definition) is 0. The average molecular weight is 405 g/mol.